The summed E-state index contributed by atoms with van der Waals surface area (Å²) in [5.41, 5.74) is -1.90. The van der Waals surface area contributed by atoms with Crippen molar-refractivity contribution in [3.63, 3.8) is 0 Å². The molecule has 3 aromatic carbocycles. The molecule has 1 aliphatic rings. The number of H-pyrrole nitrogens is 1. The fraction of sp³-hybridized carbons (Fsp3) is 0.323. The number of nitrogens with one attached hydrogen (secondary N) is 2. The van der Waals surface area contributed by atoms with Crippen molar-refractivity contribution in [3.8, 4) is 5.75 Å². The predicted molar refractivity (Wildman–Crippen MR) is 164 cm³/mol. The Kier molecular flexibility index (Phi) is 10.2. The third kappa shape index (κ3) is 7.12. The zero-order valence-corrected chi connectivity index (χ0v) is 25.8. The number of fused-ring (bicyclic) bond motifs is 1. The van der Waals surface area contributed by atoms with Crippen LogP contribution in [0.15, 0.2) is 82.4 Å². The molecule has 0 amide bonds. The van der Waals surface area contributed by atoms with E-state index in [4.69, 9.17) is 18.5 Å². The van der Waals surface area contributed by atoms with E-state index in [1.165, 1.54) is 13.8 Å². The molecule has 0 spiro atoms. The molecular weight excluding hydrogens is 624 g/mol. The lowest BCUT2D eigenvalue weighted by atomic mass is 10.1. The molecule has 1 fully saturated rings. The molecule has 1 aromatic heterocycles. The summed E-state index contributed by atoms with van der Waals surface area (Å²) in [5, 5.41) is 25.5. The van der Waals surface area contributed by atoms with E-state index in [-0.39, 0.29) is 24.5 Å². The average molecular weight is 658 g/mol. The summed E-state index contributed by atoms with van der Waals surface area (Å²) >= 11 is 0. The maximum absolute atomic E-state index is 14.6. The van der Waals surface area contributed by atoms with Crippen molar-refractivity contribution in [1.82, 2.24) is 14.6 Å². The van der Waals surface area contributed by atoms with Gasteiger partial charge in [0.2, 0.25) is 5.82 Å². The summed E-state index contributed by atoms with van der Waals surface area (Å²) in [6.07, 6.45) is -6.59. The van der Waals surface area contributed by atoms with Gasteiger partial charge in [0.25, 0.3) is 5.56 Å². The maximum Gasteiger partial charge on any atom is 0.459 e. The lowest BCUT2D eigenvalue weighted by Gasteiger charge is -2.25. The molecule has 1 aliphatic heterocycles. The van der Waals surface area contributed by atoms with Crippen LogP contribution in [0.1, 0.15) is 31.3 Å². The lowest BCUT2D eigenvalue weighted by molar-refractivity contribution is -0.146. The Morgan fingerprint density at radius 3 is 2.50 bits per heavy atom. The topological polar surface area (TPSA) is 178 Å². The Morgan fingerprint density at radius 2 is 1.76 bits per heavy atom. The molecular formula is C31H33FN3O10P. The fourth-order valence-corrected chi connectivity index (χ4v) is 6.58. The van der Waals surface area contributed by atoms with Gasteiger partial charge in [-0.25, -0.2) is 9.36 Å². The van der Waals surface area contributed by atoms with Crippen molar-refractivity contribution in [2.45, 2.75) is 57.5 Å². The minimum atomic E-state index is -4.48. The van der Waals surface area contributed by atoms with Gasteiger partial charge in [0.1, 0.15) is 36.7 Å². The second kappa shape index (κ2) is 14.1. The van der Waals surface area contributed by atoms with Crippen LogP contribution in [0.25, 0.3) is 10.8 Å². The van der Waals surface area contributed by atoms with Gasteiger partial charge in [0.15, 0.2) is 6.23 Å². The number of aromatic amines is 1. The number of benzene rings is 3. The zero-order chi connectivity index (χ0) is 33.0. The normalized spacial score (nSPS) is 21.5. The lowest BCUT2D eigenvalue weighted by Crippen LogP contribution is -2.41. The largest absolute Gasteiger partial charge is 0.460 e. The minimum absolute atomic E-state index is 0.0348. The van der Waals surface area contributed by atoms with Crippen molar-refractivity contribution < 1.29 is 42.5 Å². The first-order chi connectivity index (χ1) is 22.0. The average Bonchev–Trinajstić information content (AvgIpc) is 3.33. The van der Waals surface area contributed by atoms with E-state index in [0.717, 1.165) is 10.9 Å². The third-order valence-corrected chi connectivity index (χ3v) is 9.05. The molecule has 4 aromatic rings. The van der Waals surface area contributed by atoms with Crippen LogP contribution < -0.4 is 20.9 Å². The SMILES string of the molecule is CCc1c(F)c(=O)[nH]c(=O)n1[C@@H]1O[C@H](COP(=O)(N[C@@H](C)C(=O)OCc2ccccc2)Oc2cccc3ccccc23)[C@@H](O)[C@H]1O. The monoisotopic (exact) mass is 657 g/mol. The van der Waals surface area contributed by atoms with Crippen molar-refractivity contribution in [3.05, 3.63) is 111 Å². The van der Waals surface area contributed by atoms with Gasteiger partial charge in [-0.05, 0) is 30.4 Å². The number of esters is 1. The van der Waals surface area contributed by atoms with Crippen LogP contribution in [-0.2, 0) is 36.4 Å². The Morgan fingerprint density at radius 1 is 1.07 bits per heavy atom. The first kappa shape index (κ1) is 33.2. The van der Waals surface area contributed by atoms with Gasteiger partial charge in [-0.2, -0.15) is 9.48 Å². The molecule has 0 aliphatic carbocycles. The Hall–Kier alpha value is -4.17. The summed E-state index contributed by atoms with van der Waals surface area (Å²) in [6, 6.07) is 19.9. The van der Waals surface area contributed by atoms with E-state index in [9.17, 15) is 33.6 Å². The molecule has 0 radical (unpaired) electrons. The van der Waals surface area contributed by atoms with Crippen LogP contribution in [0, 0.1) is 5.82 Å². The van der Waals surface area contributed by atoms with Crippen LogP contribution in [-0.4, -0.2) is 56.7 Å². The standard InChI is InChI=1S/C31H33FN3O10P/c1-3-22-25(32)28(38)33-31(40)35(22)29-27(37)26(36)24(44-29)17-43-46(41,45-23-15-9-13-20-12-7-8-14-21(20)23)34-18(2)30(39)42-16-19-10-5-4-6-11-19/h4-15,18,24,26-27,29,36-37H,3,16-17H2,1-2H3,(H,34,41)(H,33,38,40)/t18-,24+,26+,27+,29+,46?/m0/s1. The highest BCUT2D eigenvalue weighted by Crippen LogP contribution is 2.47. The molecule has 1 unspecified atom stereocenters. The number of carbonyl (C=O) groups is 1. The van der Waals surface area contributed by atoms with Gasteiger partial charge in [-0.3, -0.25) is 23.7 Å². The summed E-state index contributed by atoms with van der Waals surface area (Å²) in [6.45, 7) is 2.19. The van der Waals surface area contributed by atoms with Gasteiger partial charge >= 0.3 is 19.4 Å². The van der Waals surface area contributed by atoms with Gasteiger partial charge in [0.05, 0.1) is 12.3 Å². The van der Waals surface area contributed by atoms with E-state index >= 15 is 0 Å². The molecule has 0 bridgehead atoms. The second-order valence-electron chi connectivity index (χ2n) is 10.6. The van der Waals surface area contributed by atoms with Crippen molar-refractivity contribution in [1.29, 1.82) is 0 Å². The number of ether oxygens (including phenoxy) is 2. The summed E-state index contributed by atoms with van der Waals surface area (Å²) < 4.78 is 52.1. The van der Waals surface area contributed by atoms with Gasteiger partial charge in [-0.15, -0.1) is 0 Å². The molecule has 15 heteroatoms. The van der Waals surface area contributed by atoms with E-state index < -0.39 is 68.0 Å². The first-order valence-corrected chi connectivity index (χ1v) is 16.0. The third-order valence-electron chi connectivity index (χ3n) is 7.42. The molecule has 6 atom stereocenters. The number of hydrogen-bond acceptors (Lipinski definition) is 10. The molecule has 5 rings (SSSR count). The maximum atomic E-state index is 14.6. The zero-order valence-electron chi connectivity index (χ0n) is 24.9. The van der Waals surface area contributed by atoms with Crippen LogP contribution >= 0.6 is 7.75 Å². The van der Waals surface area contributed by atoms with Crippen LogP contribution in [0.2, 0.25) is 0 Å². The highest BCUT2D eigenvalue weighted by Gasteiger charge is 2.46. The molecule has 46 heavy (non-hydrogen) atoms. The highest BCUT2D eigenvalue weighted by atomic mass is 31.2. The highest BCUT2D eigenvalue weighted by molar-refractivity contribution is 7.52. The van der Waals surface area contributed by atoms with Crippen molar-refractivity contribution in [2.75, 3.05) is 6.61 Å². The Bertz CT molecular complexity index is 1860. The van der Waals surface area contributed by atoms with E-state index in [2.05, 4.69) is 5.09 Å². The number of nitrogens with zero attached hydrogens (tertiary/aromatic N) is 1. The number of carbonyl (C=O) groups excluding carboxylic acids is 1. The van der Waals surface area contributed by atoms with Crippen molar-refractivity contribution in [2.24, 2.45) is 0 Å². The number of hydrogen-bond donors (Lipinski definition) is 4. The molecule has 13 nitrogen and oxygen atoms in total. The van der Waals surface area contributed by atoms with Gasteiger partial charge in [-0.1, -0.05) is 73.7 Å². The molecule has 4 N–H and O–H groups in total. The second-order valence-corrected chi connectivity index (χ2v) is 12.3. The van der Waals surface area contributed by atoms with Crippen LogP contribution in [0.3, 0.4) is 0 Å². The molecule has 1 saturated heterocycles. The van der Waals surface area contributed by atoms with Gasteiger partial charge in [0, 0.05) is 5.39 Å². The fourth-order valence-electron chi connectivity index (χ4n) is 5.06. The molecule has 2 heterocycles. The number of aliphatic hydroxyl groups is 2. The van der Waals surface area contributed by atoms with Crippen molar-refractivity contribution >= 4 is 24.5 Å². The quantitative estimate of drug-likeness (QED) is 0.130. The number of rotatable bonds is 12. The first-order valence-electron chi connectivity index (χ1n) is 14.5. The summed E-state index contributed by atoms with van der Waals surface area (Å²) in [7, 11) is -4.48. The minimum Gasteiger partial charge on any atom is -0.460 e. The van der Waals surface area contributed by atoms with Crippen LogP contribution in [0.5, 0.6) is 5.75 Å². The number of aromatic nitrogens is 2. The number of aliphatic hydroxyl groups excluding tert-OH is 2. The summed E-state index contributed by atoms with van der Waals surface area (Å²) in [5.74, 6) is -1.83. The Labute approximate surface area is 262 Å². The molecule has 0 saturated carbocycles. The summed E-state index contributed by atoms with van der Waals surface area (Å²) in [4.78, 5) is 39.1. The number of halogens is 1. The Balaban J connectivity index is 1.37. The predicted octanol–water partition coefficient (Wildman–Crippen LogP) is 2.94. The van der Waals surface area contributed by atoms with Crippen LogP contribution in [0.4, 0.5) is 4.39 Å². The van der Waals surface area contributed by atoms with E-state index in [1.54, 1.807) is 48.5 Å². The van der Waals surface area contributed by atoms with Gasteiger partial charge < -0.3 is 24.2 Å². The van der Waals surface area contributed by atoms with E-state index in [1.807, 2.05) is 29.2 Å². The van der Waals surface area contributed by atoms with E-state index in [0.29, 0.717) is 9.95 Å². The smallest absolute Gasteiger partial charge is 0.459 e. The molecule has 244 valence electrons.